The number of carbonyl (C=O) groups is 1. The van der Waals surface area contributed by atoms with Crippen LogP contribution in [-0.2, 0) is 11.3 Å². The monoisotopic (exact) mass is 334 g/mol. The van der Waals surface area contributed by atoms with E-state index < -0.39 is 5.60 Å². The van der Waals surface area contributed by atoms with E-state index >= 15 is 0 Å². The van der Waals surface area contributed by atoms with E-state index in [1.165, 1.54) is 5.56 Å². The fourth-order valence-electron chi connectivity index (χ4n) is 3.12. The lowest BCUT2D eigenvalue weighted by atomic mass is 10.0. The lowest BCUT2D eigenvalue weighted by Gasteiger charge is -2.45. The third kappa shape index (κ3) is 5.21. The maximum Gasteiger partial charge on any atom is 0.410 e. The number of benzene rings is 1. The Morgan fingerprint density at radius 1 is 1.25 bits per heavy atom. The van der Waals surface area contributed by atoms with Gasteiger partial charge in [-0.2, -0.15) is 0 Å². The Morgan fingerprint density at radius 3 is 2.50 bits per heavy atom. The zero-order valence-corrected chi connectivity index (χ0v) is 15.2. The minimum Gasteiger partial charge on any atom is -0.444 e. The van der Waals surface area contributed by atoms with Crippen LogP contribution in [0.2, 0.25) is 0 Å². The van der Waals surface area contributed by atoms with Crippen LogP contribution in [0.25, 0.3) is 0 Å². The van der Waals surface area contributed by atoms with Gasteiger partial charge in [0, 0.05) is 38.3 Å². The topological polar surface area (TPSA) is 53.0 Å². The summed E-state index contributed by atoms with van der Waals surface area (Å²) in [5.74, 6) is 0. The molecule has 1 aliphatic heterocycles. The molecule has 5 heteroatoms. The lowest BCUT2D eigenvalue weighted by Crippen LogP contribution is -2.59. The second-order valence-corrected chi connectivity index (χ2v) is 7.56. The van der Waals surface area contributed by atoms with Gasteiger partial charge in [0.15, 0.2) is 0 Å². The molecular formula is C19H30N2O3. The molecule has 0 aliphatic carbocycles. The molecule has 0 bridgehead atoms. The van der Waals surface area contributed by atoms with Crippen molar-refractivity contribution in [1.29, 1.82) is 0 Å². The average Bonchev–Trinajstić information content (AvgIpc) is 2.49. The standard InChI is InChI=1S/C19H30N2O3/c1-15-12-20(13-16-8-6-5-7-9-16)17(10-11-22)14-21(15)18(23)24-19(2,3)4/h5-9,15,17,22H,10-14H2,1-4H3/t15?,17-/m0/s1. The van der Waals surface area contributed by atoms with Crippen molar-refractivity contribution < 1.29 is 14.6 Å². The van der Waals surface area contributed by atoms with Crippen molar-refractivity contribution in [2.75, 3.05) is 19.7 Å². The molecule has 0 aromatic heterocycles. The molecule has 1 aromatic rings. The van der Waals surface area contributed by atoms with Crippen molar-refractivity contribution in [2.45, 2.75) is 58.3 Å². The summed E-state index contributed by atoms with van der Waals surface area (Å²) in [4.78, 5) is 16.6. The molecule has 134 valence electrons. The fraction of sp³-hybridized carbons (Fsp3) is 0.632. The molecule has 0 saturated carbocycles. The Bertz CT molecular complexity index is 527. The minimum atomic E-state index is -0.496. The van der Waals surface area contributed by atoms with Gasteiger partial charge in [0.2, 0.25) is 0 Å². The van der Waals surface area contributed by atoms with Gasteiger partial charge in [0.25, 0.3) is 0 Å². The third-order valence-electron chi connectivity index (χ3n) is 4.27. The largest absolute Gasteiger partial charge is 0.444 e. The Hall–Kier alpha value is -1.59. The SMILES string of the molecule is CC1CN(Cc2ccccc2)[C@@H](CCO)CN1C(=O)OC(C)(C)C. The van der Waals surface area contributed by atoms with Gasteiger partial charge in [-0.3, -0.25) is 4.90 Å². The van der Waals surface area contributed by atoms with Crippen molar-refractivity contribution in [1.82, 2.24) is 9.80 Å². The van der Waals surface area contributed by atoms with Gasteiger partial charge in [-0.15, -0.1) is 0 Å². The number of amides is 1. The van der Waals surface area contributed by atoms with Gasteiger partial charge in [-0.05, 0) is 39.7 Å². The Morgan fingerprint density at radius 2 is 1.92 bits per heavy atom. The summed E-state index contributed by atoms with van der Waals surface area (Å²) in [5, 5.41) is 9.42. The first-order valence-electron chi connectivity index (χ1n) is 8.68. The van der Waals surface area contributed by atoms with E-state index in [4.69, 9.17) is 4.74 Å². The molecule has 1 saturated heterocycles. The first kappa shape index (κ1) is 18.7. The lowest BCUT2D eigenvalue weighted by molar-refractivity contribution is -0.0181. The maximum atomic E-state index is 12.5. The van der Waals surface area contributed by atoms with Crippen molar-refractivity contribution in [3.63, 3.8) is 0 Å². The molecule has 2 rings (SSSR count). The Kier molecular flexibility index (Phi) is 6.24. The highest BCUT2D eigenvalue weighted by molar-refractivity contribution is 5.68. The maximum absolute atomic E-state index is 12.5. The van der Waals surface area contributed by atoms with Crippen LogP contribution in [-0.4, -0.2) is 58.4 Å². The second-order valence-electron chi connectivity index (χ2n) is 7.56. The van der Waals surface area contributed by atoms with Crippen LogP contribution in [0.5, 0.6) is 0 Å². The molecule has 5 nitrogen and oxygen atoms in total. The number of aliphatic hydroxyl groups excluding tert-OH is 1. The molecule has 2 atom stereocenters. The van der Waals surface area contributed by atoms with Crippen LogP contribution in [0.3, 0.4) is 0 Å². The fourth-order valence-corrected chi connectivity index (χ4v) is 3.12. The molecule has 1 fully saturated rings. The average molecular weight is 334 g/mol. The first-order valence-corrected chi connectivity index (χ1v) is 8.68. The molecule has 0 radical (unpaired) electrons. The summed E-state index contributed by atoms with van der Waals surface area (Å²) in [7, 11) is 0. The van der Waals surface area contributed by atoms with Gasteiger partial charge in [0.1, 0.15) is 5.60 Å². The minimum absolute atomic E-state index is 0.0819. The molecule has 24 heavy (non-hydrogen) atoms. The number of hydrogen-bond donors (Lipinski definition) is 1. The summed E-state index contributed by atoms with van der Waals surface area (Å²) in [6.07, 6.45) is 0.385. The summed E-state index contributed by atoms with van der Waals surface area (Å²) < 4.78 is 5.53. The smallest absolute Gasteiger partial charge is 0.410 e. The van der Waals surface area contributed by atoms with Gasteiger partial charge in [-0.25, -0.2) is 4.79 Å². The Balaban J connectivity index is 2.07. The summed E-state index contributed by atoms with van der Waals surface area (Å²) in [6.45, 7) is 10.0. The van der Waals surface area contributed by atoms with Gasteiger partial charge >= 0.3 is 6.09 Å². The van der Waals surface area contributed by atoms with Crippen LogP contribution in [0.1, 0.15) is 39.7 Å². The van der Waals surface area contributed by atoms with Crippen LogP contribution < -0.4 is 0 Å². The van der Waals surface area contributed by atoms with Crippen LogP contribution in [0.4, 0.5) is 4.79 Å². The van der Waals surface area contributed by atoms with E-state index in [0.717, 1.165) is 13.1 Å². The highest BCUT2D eigenvalue weighted by Crippen LogP contribution is 2.22. The van der Waals surface area contributed by atoms with Crippen LogP contribution >= 0.6 is 0 Å². The summed E-state index contributed by atoms with van der Waals surface area (Å²) >= 11 is 0. The van der Waals surface area contributed by atoms with E-state index in [9.17, 15) is 9.90 Å². The first-order chi connectivity index (χ1) is 11.3. The van der Waals surface area contributed by atoms with Crippen molar-refractivity contribution in [3.8, 4) is 0 Å². The molecule has 1 aliphatic rings. The quantitative estimate of drug-likeness (QED) is 0.920. The normalized spacial score (nSPS) is 22.5. The number of carbonyl (C=O) groups excluding carboxylic acids is 1. The third-order valence-corrected chi connectivity index (χ3v) is 4.27. The van der Waals surface area contributed by atoms with E-state index in [1.807, 2.05) is 39.0 Å². The van der Waals surface area contributed by atoms with Gasteiger partial charge in [-0.1, -0.05) is 30.3 Å². The summed E-state index contributed by atoms with van der Waals surface area (Å²) in [6, 6.07) is 10.5. The zero-order valence-electron chi connectivity index (χ0n) is 15.2. The number of piperazine rings is 1. The van der Waals surface area contributed by atoms with E-state index in [-0.39, 0.29) is 24.8 Å². The van der Waals surface area contributed by atoms with Crippen LogP contribution in [0.15, 0.2) is 30.3 Å². The molecule has 1 amide bonds. The predicted molar refractivity (Wildman–Crippen MR) is 94.7 cm³/mol. The van der Waals surface area contributed by atoms with E-state index in [0.29, 0.717) is 13.0 Å². The van der Waals surface area contributed by atoms with Gasteiger partial charge in [0.05, 0.1) is 0 Å². The molecule has 1 heterocycles. The molecule has 1 unspecified atom stereocenters. The zero-order chi connectivity index (χ0) is 17.7. The highest BCUT2D eigenvalue weighted by Gasteiger charge is 2.35. The molecule has 1 aromatic carbocycles. The summed E-state index contributed by atoms with van der Waals surface area (Å²) in [5.41, 5.74) is 0.753. The van der Waals surface area contributed by atoms with Crippen molar-refractivity contribution in [2.24, 2.45) is 0 Å². The number of nitrogens with zero attached hydrogens (tertiary/aromatic N) is 2. The number of hydrogen-bond acceptors (Lipinski definition) is 4. The van der Waals surface area contributed by atoms with Crippen molar-refractivity contribution in [3.05, 3.63) is 35.9 Å². The van der Waals surface area contributed by atoms with Crippen LogP contribution in [0, 0.1) is 0 Å². The predicted octanol–water partition coefficient (Wildman–Crippen LogP) is 2.88. The number of aliphatic hydroxyl groups is 1. The second kappa shape index (κ2) is 7.99. The van der Waals surface area contributed by atoms with E-state index in [1.54, 1.807) is 4.90 Å². The molecular weight excluding hydrogens is 304 g/mol. The Labute approximate surface area is 145 Å². The number of rotatable bonds is 4. The van der Waals surface area contributed by atoms with E-state index in [2.05, 4.69) is 24.0 Å². The molecule has 1 N–H and O–H groups in total. The molecule has 0 spiro atoms. The number of ether oxygens (including phenoxy) is 1. The highest BCUT2D eigenvalue weighted by atomic mass is 16.6. The van der Waals surface area contributed by atoms with Crippen molar-refractivity contribution >= 4 is 6.09 Å². The van der Waals surface area contributed by atoms with Gasteiger partial charge < -0.3 is 14.7 Å².